The molecule has 0 atom stereocenters. The van der Waals surface area contributed by atoms with Crippen molar-refractivity contribution in [1.29, 1.82) is 10.5 Å². The molecule has 9 N–H and O–H groups in total. The Labute approximate surface area is 879 Å². The van der Waals surface area contributed by atoms with Gasteiger partial charge in [0.25, 0.3) is 10.1 Å². The summed E-state index contributed by atoms with van der Waals surface area (Å²) in [5.41, 5.74) is 5.32. The first-order chi connectivity index (χ1) is 71.3. The molecule has 45 nitrogen and oxygen atoms in total. The number of carbonyl (C=O) groups excluding carboxylic acids is 6. The van der Waals surface area contributed by atoms with Crippen LogP contribution in [0, 0.1) is 68.1 Å². The van der Waals surface area contributed by atoms with E-state index in [-0.39, 0.29) is 77.4 Å². The van der Waals surface area contributed by atoms with Gasteiger partial charge in [0.15, 0.2) is 36.1 Å². The third kappa shape index (κ3) is 32.0. The molecule has 16 rings (SSSR count). The minimum absolute atomic E-state index is 0.0628. The summed E-state index contributed by atoms with van der Waals surface area (Å²) in [5.74, 6) is 5.38. The lowest BCUT2D eigenvalue weighted by Gasteiger charge is -2.33. The molecule has 0 spiro atoms. The van der Waals surface area contributed by atoms with Crippen molar-refractivity contribution in [2.75, 3.05) is 178 Å². The van der Waals surface area contributed by atoms with Crippen LogP contribution in [0.15, 0.2) is 107 Å². The standard InChI is InChI=1S/C26H33N7O5S2.C26H32N6O5S2.C23H28N8O2S.C22H26N6O6S2/c1-5-38-24(35)23-17(4)28-26(39-23)31-25-29-21(13-22(30-25)33-12-6-7-20(34)15-33)27-14-18-8-10-19(11-9-18)32-40(36,37)16(2)3;1-5-37-24(34)23-16(2)28-26(38-23)31-25-29-21(27-15-18-6-8-20(9-7-18)39(4,35)36)14-22(30-25)32-12-10-19(11-13-32)17(3)33;1-3-33-21(32)20-15(2)26-23(34-20)29-22-27-18(30-8-4-16(13-24)5-9-30)12-19(28-22)31-10-6-17(14-25)7-11-31;1-3-34-20(29)19-14(2)24-22(35-19)27-21-25-17(12-18(26-21)28-8-10-33-11-9-28)23-13-15-4-6-16(7-5-15)36(30,31)32/h8-11,13,16,32H,5-7,12,14-15H2,1-4H3,(H2,27,28,29,30,31);6-9,14,19H,5,10-13,15H2,1-4H3,(H2,27,28,29,30,31);12,16-17H,3-11H2,1-2H3,(H,26,27,28,29);4-7,12H,3,8-11,13H2,1-2H3,(H,30,31,32)(H2,23,24,25,26,27). The molecule has 0 saturated carbocycles. The number of Topliss-reactive ketones (excluding diaryl/α,β-unsaturated/α-hetero) is 2. The normalized spacial score (nSPS) is 14.7. The lowest BCUT2D eigenvalue weighted by Crippen LogP contribution is -2.36. The first-order valence-corrected chi connectivity index (χ1v) is 56.5. The van der Waals surface area contributed by atoms with E-state index in [4.69, 9.17) is 43.2 Å². The zero-order chi connectivity index (χ0) is 107. The third-order valence-electron chi connectivity index (χ3n) is 23.9. The number of nitrogens with one attached hydrogen (secondary N) is 8. The molecule has 5 aliphatic rings. The molecule has 0 bridgehead atoms. The van der Waals surface area contributed by atoms with Gasteiger partial charge >= 0.3 is 23.9 Å². The van der Waals surface area contributed by atoms with Gasteiger partial charge in [-0.2, -0.15) is 58.8 Å². The smallest absolute Gasteiger partial charge is 0.350 e. The highest BCUT2D eigenvalue weighted by atomic mass is 32.2. The summed E-state index contributed by atoms with van der Waals surface area (Å²) in [4.78, 5) is 140. The van der Waals surface area contributed by atoms with E-state index in [2.05, 4.69) is 119 Å². The number of esters is 4. The molecular weight excluding hydrogens is 2060 g/mol. The van der Waals surface area contributed by atoms with Crippen LogP contribution >= 0.6 is 45.3 Å². The molecule has 0 unspecified atom stereocenters. The number of rotatable bonds is 36. The quantitative estimate of drug-likeness (QED) is 0.0100. The monoisotopic (exact) mass is 2170 g/mol. The highest BCUT2D eigenvalue weighted by Gasteiger charge is 2.31. The summed E-state index contributed by atoms with van der Waals surface area (Å²) in [6.45, 7) is 29.1. The van der Waals surface area contributed by atoms with Crippen LogP contribution in [0.3, 0.4) is 0 Å². The molecule has 13 heterocycles. The number of sulfonamides is 1. The molecule has 0 radical (unpaired) electrons. The molecule has 52 heteroatoms. The number of sulfone groups is 1. The van der Waals surface area contributed by atoms with Gasteiger partial charge in [0.05, 0.1) is 96.1 Å². The molecule has 5 aliphatic heterocycles. The maximum Gasteiger partial charge on any atom is 0.350 e. The topological polar surface area (TPSA) is 586 Å². The van der Waals surface area contributed by atoms with E-state index in [0.717, 1.165) is 122 Å². The number of piperidine rings is 4. The maximum absolute atomic E-state index is 12.2. The molecule has 792 valence electrons. The van der Waals surface area contributed by atoms with Crippen molar-refractivity contribution in [3.8, 4) is 12.1 Å². The van der Waals surface area contributed by atoms with Crippen molar-refractivity contribution in [2.24, 2.45) is 17.8 Å². The predicted molar refractivity (Wildman–Crippen MR) is 571 cm³/mol. The Morgan fingerprint density at radius 2 is 0.758 bits per heavy atom. The van der Waals surface area contributed by atoms with Crippen LogP contribution in [0.25, 0.3) is 0 Å². The Morgan fingerprint density at radius 1 is 0.443 bits per heavy atom. The van der Waals surface area contributed by atoms with Crippen molar-refractivity contribution in [3.63, 3.8) is 0 Å². The van der Waals surface area contributed by atoms with E-state index < -0.39 is 53.1 Å². The molecule has 11 aromatic rings. The fraction of sp³-hybridized carbons (Fsp3) is 0.443. The molecule has 5 saturated heterocycles. The van der Waals surface area contributed by atoms with Gasteiger partial charge in [-0.15, -0.1) is 0 Å². The van der Waals surface area contributed by atoms with Crippen molar-refractivity contribution in [2.45, 2.75) is 162 Å². The maximum atomic E-state index is 12.2. The second kappa shape index (κ2) is 52.2. The van der Waals surface area contributed by atoms with Crippen molar-refractivity contribution < 1.29 is 82.3 Å². The number of aromatic nitrogens is 12. The number of morpholine rings is 1. The van der Waals surface area contributed by atoms with Gasteiger partial charge in [-0.25, -0.2) is 55.9 Å². The van der Waals surface area contributed by atoms with Crippen LogP contribution in [0.2, 0.25) is 0 Å². The van der Waals surface area contributed by atoms with Crippen molar-refractivity contribution in [3.05, 3.63) is 156 Å². The van der Waals surface area contributed by atoms with Crippen LogP contribution in [-0.2, 0) is 82.9 Å². The first kappa shape index (κ1) is 112. The largest absolute Gasteiger partial charge is 0.462 e. The van der Waals surface area contributed by atoms with Gasteiger partial charge in [0.1, 0.15) is 71.8 Å². The number of aryl methyl sites for hydroxylation is 4. The zero-order valence-corrected chi connectivity index (χ0v) is 90.1. The van der Waals surface area contributed by atoms with E-state index in [9.17, 15) is 64.5 Å². The number of benzene rings is 3. The van der Waals surface area contributed by atoms with Crippen LogP contribution in [0.1, 0.15) is 178 Å². The average Bonchev–Trinajstić information content (AvgIpc) is 1.24. The fourth-order valence-electron chi connectivity index (χ4n) is 15.8. The lowest BCUT2D eigenvalue weighted by atomic mass is 9.93. The van der Waals surface area contributed by atoms with Gasteiger partial charge in [0, 0.05) is 139 Å². The predicted octanol–water partition coefficient (Wildman–Crippen LogP) is 14.6. The molecule has 149 heavy (non-hydrogen) atoms. The van der Waals surface area contributed by atoms with Gasteiger partial charge < -0.3 is 64.1 Å². The highest BCUT2D eigenvalue weighted by Crippen LogP contribution is 2.37. The number of ketones is 2. The van der Waals surface area contributed by atoms with Crippen LogP contribution in [-0.4, -0.2) is 242 Å². The molecular formula is C97H119N27O18S7. The molecule has 3 aromatic carbocycles. The fourth-order valence-corrected chi connectivity index (χ4v) is 21.0. The van der Waals surface area contributed by atoms with Crippen molar-refractivity contribution in [1.82, 2.24) is 59.8 Å². The summed E-state index contributed by atoms with van der Waals surface area (Å²) >= 11 is 4.70. The Hall–Kier alpha value is -14.1. The van der Waals surface area contributed by atoms with Gasteiger partial charge in [-0.1, -0.05) is 81.7 Å². The second-order valence-corrected chi connectivity index (χ2v) is 44.8. The Balaban J connectivity index is 0.000000166. The second-order valence-electron chi connectivity index (χ2n) is 35.1. The molecule has 5 fully saturated rings. The molecule has 8 aromatic heterocycles. The summed E-state index contributed by atoms with van der Waals surface area (Å²) in [5, 5.41) is 42.1. The Morgan fingerprint density at radius 3 is 1.07 bits per heavy atom. The number of hydrogen-bond acceptors (Lipinski definition) is 47. The van der Waals surface area contributed by atoms with E-state index in [1.807, 2.05) is 35.2 Å². The third-order valence-corrected chi connectivity index (χ3v) is 31.8. The summed E-state index contributed by atoms with van der Waals surface area (Å²) in [6, 6.07) is 31.8. The number of nitriles is 2. The van der Waals surface area contributed by atoms with Crippen LogP contribution < -0.4 is 66.4 Å². The number of ether oxygens (including phenoxy) is 5. The van der Waals surface area contributed by atoms with Gasteiger partial charge in [-0.3, -0.25) is 40.1 Å². The Bertz CT molecular complexity index is 6950. The highest BCUT2D eigenvalue weighted by molar-refractivity contribution is 7.93. The number of nitrogens with zero attached hydrogens (tertiary/aromatic N) is 19. The number of anilines is 17. The van der Waals surface area contributed by atoms with Crippen LogP contribution in [0.5, 0.6) is 0 Å². The summed E-state index contributed by atoms with van der Waals surface area (Å²) in [7, 11) is -10.9. The number of hydrogen-bond donors (Lipinski definition) is 9. The van der Waals surface area contributed by atoms with Crippen LogP contribution in [0.4, 0.5) is 96.5 Å². The lowest BCUT2D eigenvalue weighted by molar-refractivity contribution is -0.121. The van der Waals surface area contributed by atoms with Gasteiger partial charge in [-0.05, 0) is 174 Å². The van der Waals surface area contributed by atoms with Crippen molar-refractivity contribution >= 4 is 207 Å². The average molecular weight is 2180 g/mol. The molecule has 0 amide bonds. The first-order valence-electron chi connectivity index (χ1n) is 48.3. The SMILES string of the molecule is CCOC(=O)c1sc(Nc2nc(N3CCC(C#N)CC3)cc(N3CCC(C#N)CC3)n2)nc1C.CCOC(=O)c1sc(Nc2nc(NCc3ccc(NS(=O)(=O)C(C)C)cc3)cc(N3CCCC(=O)C3)n2)nc1C.CCOC(=O)c1sc(Nc2nc(NCc3ccc(S(=O)(=O)O)cc3)cc(N3CCOCC3)n2)nc1C.CCOC(=O)c1sc(Nc2nc(NCc3ccc(S(C)(=O)=O)cc3)cc(N3CCC(C(C)=O)CC3)n2)nc1C. The number of thiazole rings is 4. The van der Waals surface area contributed by atoms with E-state index in [0.29, 0.717) is 200 Å². The van der Waals surface area contributed by atoms with E-state index >= 15 is 0 Å². The minimum Gasteiger partial charge on any atom is -0.462 e. The van der Waals surface area contributed by atoms with E-state index in [1.54, 1.807) is 131 Å². The molecule has 0 aliphatic carbocycles. The Kier molecular flexibility index (Phi) is 39.2. The summed E-state index contributed by atoms with van der Waals surface area (Å²) < 4.78 is 108. The summed E-state index contributed by atoms with van der Waals surface area (Å²) in [6.07, 6.45) is 7.21. The van der Waals surface area contributed by atoms with Gasteiger partial charge in [0.2, 0.25) is 33.8 Å². The minimum atomic E-state index is -4.25. The number of carbonyl (C=O) groups is 6. The zero-order valence-electron chi connectivity index (χ0n) is 84.4. The van der Waals surface area contributed by atoms with E-state index in [1.165, 1.54) is 41.1 Å².